The third kappa shape index (κ3) is 3.31. The van der Waals surface area contributed by atoms with E-state index in [9.17, 15) is 4.79 Å². The van der Waals surface area contributed by atoms with E-state index in [0.717, 1.165) is 31.4 Å². The molecule has 0 bridgehead atoms. The standard InChI is InChI=1S/C17H23N3O2/c18-8-7-13-11-20(16-6-2-1-5-15(13)16)12-17(21)19-10-14-4-3-9-22-14/h1-2,5-6,11,14H,3-4,7-10,12,18H2,(H,19,21). The number of rotatable bonds is 6. The van der Waals surface area contributed by atoms with Crippen LogP contribution in [0.5, 0.6) is 0 Å². The number of carbonyl (C=O) groups is 1. The van der Waals surface area contributed by atoms with E-state index in [-0.39, 0.29) is 12.0 Å². The zero-order chi connectivity index (χ0) is 15.4. The molecule has 5 heteroatoms. The first kappa shape index (κ1) is 15.1. The minimum absolute atomic E-state index is 0.0237. The van der Waals surface area contributed by atoms with Gasteiger partial charge in [-0.2, -0.15) is 0 Å². The van der Waals surface area contributed by atoms with E-state index in [0.29, 0.717) is 19.6 Å². The SMILES string of the molecule is NCCc1cn(CC(=O)NCC2CCCO2)c2ccccc12. The summed E-state index contributed by atoms with van der Waals surface area (Å²) in [4.78, 5) is 12.2. The Morgan fingerprint density at radius 1 is 1.41 bits per heavy atom. The first-order valence-corrected chi connectivity index (χ1v) is 7.93. The number of hydrogen-bond acceptors (Lipinski definition) is 3. The molecule has 1 atom stereocenters. The second kappa shape index (κ2) is 6.94. The van der Waals surface area contributed by atoms with Crippen molar-refractivity contribution in [3.05, 3.63) is 36.0 Å². The number of hydrogen-bond donors (Lipinski definition) is 2. The molecule has 1 amide bonds. The van der Waals surface area contributed by atoms with Crippen molar-refractivity contribution in [3.63, 3.8) is 0 Å². The number of fused-ring (bicyclic) bond motifs is 1. The average molecular weight is 301 g/mol. The molecule has 5 nitrogen and oxygen atoms in total. The van der Waals surface area contributed by atoms with Crippen molar-refractivity contribution in [2.45, 2.75) is 31.9 Å². The van der Waals surface area contributed by atoms with Gasteiger partial charge in [0.25, 0.3) is 0 Å². The highest BCUT2D eigenvalue weighted by molar-refractivity contribution is 5.86. The fraction of sp³-hybridized carbons (Fsp3) is 0.471. The van der Waals surface area contributed by atoms with Crippen LogP contribution in [0.25, 0.3) is 10.9 Å². The molecule has 0 spiro atoms. The largest absolute Gasteiger partial charge is 0.376 e. The van der Waals surface area contributed by atoms with Gasteiger partial charge < -0.3 is 20.4 Å². The average Bonchev–Trinajstić information content (AvgIpc) is 3.15. The number of nitrogens with one attached hydrogen (secondary N) is 1. The van der Waals surface area contributed by atoms with Gasteiger partial charge in [-0.15, -0.1) is 0 Å². The Morgan fingerprint density at radius 3 is 3.05 bits per heavy atom. The van der Waals surface area contributed by atoms with Crippen molar-refractivity contribution < 1.29 is 9.53 Å². The molecular formula is C17H23N3O2. The smallest absolute Gasteiger partial charge is 0.240 e. The second-order valence-electron chi connectivity index (χ2n) is 5.78. The van der Waals surface area contributed by atoms with Crippen LogP contribution in [0.2, 0.25) is 0 Å². The lowest BCUT2D eigenvalue weighted by Crippen LogP contribution is -2.34. The molecule has 0 radical (unpaired) electrons. The third-order valence-electron chi connectivity index (χ3n) is 4.15. The second-order valence-corrected chi connectivity index (χ2v) is 5.78. The van der Waals surface area contributed by atoms with Gasteiger partial charge in [0.15, 0.2) is 0 Å². The van der Waals surface area contributed by atoms with E-state index in [1.807, 2.05) is 29.0 Å². The lowest BCUT2D eigenvalue weighted by atomic mass is 10.1. The molecular weight excluding hydrogens is 278 g/mol. The van der Waals surface area contributed by atoms with Crippen molar-refractivity contribution in [2.24, 2.45) is 5.73 Å². The number of para-hydroxylation sites is 1. The predicted octanol–water partition coefficient (Wildman–Crippen LogP) is 1.44. The maximum atomic E-state index is 12.2. The molecule has 1 unspecified atom stereocenters. The first-order chi connectivity index (χ1) is 10.8. The quantitative estimate of drug-likeness (QED) is 0.848. The van der Waals surface area contributed by atoms with Crippen LogP contribution in [-0.4, -0.2) is 36.3 Å². The molecule has 2 aromatic rings. The lowest BCUT2D eigenvalue weighted by Gasteiger charge is -2.11. The van der Waals surface area contributed by atoms with Crippen LogP contribution in [0.1, 0.15) is 18.4 Å². The number of nitrogens with two attached hydrogens (primary N) is 1. The maximum absolute atomic E-state index is 12.2. The summed E-state index contributed by atoms with van der Waals surface area (Å²) < 4.78 is 7.53. The summed E-state index contributed by atoms with van der Waals surface area (Å²) in [6.07, 6.45) is 5.17. The van der Waals surface area contributed by atoms with Gasteiger partial charge in [0.1, 0.15) is 6.54 Å². The number of ether oxygens (including phenoxy) is 1. The molecule has 22 heavy (non-hydrogen) atoms. The fourth-order valence-corrected chi connectivity index (χ4v) is 3.05. The number of carbonyl (C=O) groups excluding carboxylic acids is 1. The van der Waals surface area contributed by atoms with Crippen molar-refractivity contribution in [3.8, 4) is 0 Å². The highest BCUT2D eigenvalue weighted by atomic mass is 16.5. The monoisotopic (exact) mass is 301 g/mol. The number of aromatic nitrogens is 1. The zero-order valence-corrected chi connectivity index (χ0v) is 12.8. The van der Waals surface area contributed by atoms with E-state index >= 15 is 0 Å². The van der Waals surface area contributed by atoms with Gasteiger partial charge in [-0.05, 0) is 37.4 Å². The molecule has 1 aliphatic heterocycles. The topological polar surface area (TPSA) is 69.3 Å². The molecule has 1 aromatic carbocycles. The molecule has 1 aliphatic rings. The van der Waals surface area contributed by atoms with Crippen molar-refractivity contribution in [2.75, 3.05) is 19.7 Å². The van der Waals surface area contributed by atoms with E-state index in [4.69, 9.17) is 10.5 Å². The van der Waals surface area contributed by atoms with Gasteiger partial charge in [-0.25, -0.2) is 0 Å². The number of amides is 1. The van der Waals surface area contributed by atoms with Crippen LogP contribution in [-0.2, 0) is 22.5 Å². The predicted molar refractivity (Wildman–Crippen MR) is 86.7 cm³/mol. The molecule has 3 N–H and O–H groups in total. The molecule has 1 fully saturated rings. The zero-order valence-electron chi connectivity index (χ0n) is 12.8. The van der Waals surface area contributed by atoms with Crippen LogP contribution in [0.3, 0.4) is 0 Å². The Hall–Kier alpha value is -1.85. The molecule has 1 aromatic heterocycles. The van der Waals surface area contributed by atoms with E-state index in [1.165, 1.54) is 10.9 Å². The molecule has 3 rings (SSSR count). The first-order valence-electron chi connectivity index (χ1n) is 7.93. The molecule has 118 valence electrons. The van der Waals surface area contributed by atoms with Crippen molar-refractivity contribution in [1.82, 2.24) is 9.88 Å². The van der Waals surface area contributed by atoms with E-state index in [1.54, 1.807) is 0 Å². The Kier molecular flexibility index (Phi) is 4.75. The minimum atomic E-state index is 0.0237. The summed E-state index contributed by atoms with van der Waals surface area (Å²) in [5.74, 6) is 0.0237. The Morgan fingerprint density at radius 2 is 2.27 bits per heavy atom. The summed E-state index contributed by atoms with van der Waals surface area (Å²) in [5, 5.41) is 4.15. The highest BCUT2D eigenvalue weighted by Crippen LogP contribution is 2.21. The van der Waals surface area contributed by atoms with E-state index in [2.05, 4.69) is 11.4 Å². The molecule has 1 saturated heterocycles. The summed E-state index contributed by atoms with van der Waals surface area (Å²) in [5.41, 5.74) is 7.96. The molecule has 0 saturated carbocycles. The Labute approximate surface area is 130 Å². The summed E-state index contributed by atoms with van der Waals surface area (Å²) in [7, 11) is 0. The summed E-state index contributed by atoms with van der Waals surface area (Å²) in [6, 6.07) is 8.14. The molecule has 0 aliphatic carbocycles. The Balaban J connectivity index is 1.68. The normalized spacial score (nSPS) is 18.0. The van der Waals surface area contributed by atoms with Crippen molar-refractivity contribution >= 4 is 16.8 Å². The van der Waals surface area contributed by atoms with Gasteiger partial charge in [-0.3, -0.25) is 4.79 Å². The van der Waals surface area contributed by atoms with Gasteiger partial charge in [0, 0.05) is 30.3 Å². The van der Waals surface area contributed by atoms with Crippen molar-refractivity contribution in [1.29, 1.82) is 0 Å². The van der Waals surface area contributed by atoms with Gasteiger partial charge in [0.05, 0.1) is 6.10 Å². The summed E-state index contributed by atoms with van der Waals surface area (Å²) >= 11 is 0. The lowest BCUT2D eigenvalue weighted by molar-refractivity contribution is -0.122. The summed E-state index contributed by atoms with van der Waals surface area (Å²) in [6.45, 7) is 2.36. The maximum Gasteiger partial charge on any atom is 0.240 e. The van der Waals surface area contributed by atoms with Gasteiger partial charge in [0.2, 0.25) is 5.91 Å². The molecule has 2 heterocycles. The minimum Gasteiger partial charge on any atom is -0.376 e. The van der Waals surface area contributed by atoms with Crippen LogP contribution < -0.4 is 11.1 Å². The number of nitrogens with zero attached hydrogens (tertiary/aromatic N) is 1. The van der Waals surface area contributed by atoms with Crippen LogP contribution >= 0.6 is 0 Å². The van der Waals surface area contributed by atoms with Crippen LogP contribution in [0, 0.1) is 0 Å². The number of benzene rings is 1. The van der Waals surface area contributed by atoms with E-state index < -0.39 is 0 Å². The highest BCUT2D eigenvalue weighted by Gasteiger charge is 2.16. The van der Waals surface area contributed by atoms with Gasteiger partial charge in [-0.1, -0.05) is 18.2 Å². The fourth-order valence-electron chi connectivity index (χ4n) is 3.05. The third-order valence-corrected chi connectivity index (χ3v) is 4.15. The Bertz CT molecular complexity index is 644. The van der Waals surface area contributed by atoms with Crippen LogP contribution in [0.4, 0.5) is 0 Å². The van der Waals surface area contributed by atoms with Crippen LogP contribution in [0.15, 0.2) is 30.5 Å². The van der Waals surface area contributed by atoms with Gasteiger partial charge >= 0.3 is 0 Å².